The van der Waals surface area contributed by atoms with Crippen LogP contribution in [0.4, 0.5) is 4.39 Å². The minimum atomic E-state index is -0.426. The number of carbonyl (C=O) groups is 1. The molecule has 0 heterocycles. The van der Waals surface area contributed by atoms with Crippen LogP contribution in [0.2, 0.25) is 0 Å². The van der Waals surface area contributed by atoms with Crippen molar-refractivity contribution in [1.29, 1.82) is 0 Å². The first kappa shape index (κ1) is 18.6. The van der Waals surface area contributed by atoms with Gasteiger partial charge in [0.15, 0.2) is 0 Å². The number of benzene rings is 2. The van der Waals surface area contributed by atoms with Gasteiger partial charge in [-0.1, -0.05) is 38.1 Å². The maximum atomic E-state index is 13.3. The fourth-order valence-corrected chi connectivity index (χ4v) is 2.94. The molecule has 128 valence electrons. The number of nitrogens with zero attached hydrogens (tertiary/aromatic N) is 1. The Hall–Kier alpha value is -1.72. The van der Waals surface area contributed by atoms with Crippen molar-refractivity contribution in [1.82, 2.24) is 10.2 Å². The van der Waals surface area contributed by atoms with E-state index >= 15 is 0 Å². The second-order valence-corrected chi connectivity index (χ2v) is 6.39. The minimum absolute atomic E-state index is 0.293. The first-order valence-corrected chi connectivity index (χ1v) is 8.86. The van der Waals surface area contributed by atoms with Gasteiger partial charge in [0.2, 0.25) is 0 Å². The van der Waals surface area contributed by atoms with Crippen LogP contribution in [0.5, 0.6) is 0 Å². The van der Waals surface area contributed by atoms with Gasteiger partial charge in [-0.2, -0.15) is 0 Å². The molecule has 24 heavy (non-hydrogen) atoms. The van der Waals surface area contributed by atoms with Gasteiger partial charge >= 0.3 is 0 Å². The summed E-state index contributed by atoms with van der Waals surface area (Å²) in [6, 6.07) is 12.2. The SMILES string of the molecule is CCN(CC)Cc1ccccc1CNC(=O)c1cc(F)ccc1Br. The Morgan fingerprint density at radius 1 is 1.12 bits per heavy atom. The summed E-state index contributed by atoms with van der Waals surface area (Å²) in [4.78, 5) is 14.6. The largest absolute Gasteiger partial charge is 0.348 e. The summed E-state index contributed by atoms with van der Waals surface area (Å²) in [5.41, 5.74) is 2.57. The molecule has 2 aromatic rings. The molecule has 0 aliphatic heterocycles. The van der Waals surface area contributed by atoms with Crippen molar-refractivity contribution in [3.05, 3.63) is 69.4 Å². The standard InChI is InChI=1S/C19H22BrFN2O/c1-3-23(4-2)13-15-8-6-5-7-14(15)12-22-19(24)17-11-16(21)9-10-18(17)20/h5-11H,3-4,12-13H2,1-2H3,(H,22,24). The van der Waals surface area contributed by atoms with Gasteiger partial charge in [0.25, 0.3) is 5.91 Å². The first-order chi connectivity index (χ1) is 11.5. The van der Waals surface area contributed by atoms with Gasteiger partial charge < -0.3 is 5.32 Å². The van der Waals surface area contributed by atoms with Crippen LogP contribution < -0.4 is 5.32 Å². The van der Waals surface area contributed by atoms with Crippen molar-refractivity contribution in [2.45, 2.75) is 26.9 Å². The summed E-state index contributed by atoms with van der Waals surface area (Å²) in [6.45, 7) is 7.49. The van der Waals surface area contributed by atoms with Crippen LogP contribution in [-0.4, -0.2) is 23.9 Å². The van der Waals surface area contributed by atoms with Crippen LogP contribution >= 0.6 is 15.9 Å². The van der Waals surface area contributed by atoms with E-state index in [-0.39, 0.29) is 5.91 Å². The lowest BCUT2D eigenvalue weighted by atomic mass is 10.1. The van der Waals surface area contributed by atoms with Crippen LogP contribution in [-0.2, 0) is 13.1 Å². The van der Waals surface area contributed by atoms with Crippen LogP contribution in [0, 0.1) is 5.82 Å². The number of nitrogens with one attached hydrogen (secondary N) is 1. The van der Waals surface area contributed by atoms with Crippen LogP contribution in [0.25, 0.3) is 0 Å². The zero-order chi connectivity index (χ0) is 17.5. The summed E-state index contributed by atoms with van der Waals surface area (Å²) >= 11 is 3.29. The summed E-state index contributed by atoms with van der Waals surface area (Å²) < 4.78 is 13.9. The molecule has 0 saturated heterocycles. The van der Waals surface area contributed by atoms with Crippen molar-refractivity contribution in [2.75, 3.05) is 13.1 Å². The zero-order valence-corrected chi connectivity index (χ0v) is 15.6. The molecule has 0 bridgehead atoms. The van der Waals surface area contributed by atoms with Crippen molar-refractivity contribution >= 4 is 21.8 Å². The average Bonchev–Trinajstić information content (AvgIpc) is 2.60. The molecule has 2 rings (SSSR count). The summed E-state index contributed by atoms with van der Waals surface area (Å²) in [5, 5.41) is 2.88. The third-order valence-electron chi connectivity index (χ3n) is 4.02. The van der Waals surface area contributed by atoms with Gasteiger partial charge in [0, 0.05) is 17.6 Å². The highest BCUT2D eigenvalue weighted by atomic mass is 79.9. The van der Waals surface area contributed by atoms with Crippen molar-refractivity contribution in [3.8, 4) is 0 Å². The number of carbonyl (C=O) groups excluding carboxylic acids is 1. The Bertz CT molecular complexity index is 702. The molecule has 5 heteroatoms. The van der Waals surface area contributed by atoms with Gasteiger partial charge in [0.1, 0.15) is 5.82 Å². The number of halogens is 2. The van der Waals surface area contributed by atoms with Gasteiger partial charge in [0.05, 0.1) is 5.56 Å². The normalized spacial score (nSPS) is 10.9. The van der Waals surface area contributed by atoms with E-state index in [9.17, 15) is 9.18 Å². The second-order valence-electron chi connectivity index (χ2n) is 5.54. The van der Waals surface area contributed by atoms with E-state index in [0.29, 0.717) is 16.6 Å². The fourth-order valence-electron chi connectivity index (χ4n) is 2.51. The van der Waals surface area contributed by atoms with E-state index in [1.807, 2.05) is 18.2 Å². The van der Waals surface area contributed by atoms with Crippen molar-refractivity contribution in [2.24, 2.45) is 0 Å². The van der Waals surface area contributed by atoms with Crippen LogP contribution in [0.15, 0.2) is 46.9 Å². The fraction of sp³-hybridized carbons (Fsp3) is 0.316. The monoisotopic (exact) mass is 392 g/mol. The smallest absolute Gasteiger partial charge is 0.252 e. The van der Waals surface area contributed by atoms with E-state index in [4.69, 9.17) is 0 Å². The number of rotatable bonds is 7. The Kier molecular flexibility index (Phi) is 6.94. The van der Waals surface area contributed by atoms with Crippen LogP contribution in [0.1, 0.15) is 35.3 Å². The predicted molar refractivity (Wildman–Crippen MR) is 98.3 cm³/mol. The minimum Gasteiger partial charge on any atom is -0.348 e. The average molecular weight is 393 g/mol. The van der Waals surface area contributed by atoms with E-state index in [0.717, 1.165) is 25.2 Å². The lowest BCUT2D eigenvalue weighted by Crippen LogP contribution is -2.26. The molecule has 0 spiro atoms. The third-order valence-corrected chi connectivity index (χ3v) is 4.71. The molecule has 1 amide bonds. The van der Waals surface area contributed by atoms with Crippen molar-refractivity contribution < 1.29 is 9.18 Å². The van der Waals surface area contributed by atoms with Gasteiger partial charge in [-0.25, -0.2) is 4.39 Å². The lowest BCUT2D eigenvalue weighted by molar-refractivity contribution is 0.0949. The number of hydrogen-bond acceptors (Lipinski definition) is 2. The second kappa shape index (κ2) is 8.94. The number of hydrogen-bond donors (Lipinski definition) is 1. The molecular formula is C19H22BrFN2O. The number of amides is 1. The first-order valence-electron chi connectivity index (χ1n) is 8.07. The zero-order valence-electron chi connectivity index (χ0n) is 14.0. The molecule has 0 radical (unpaired) electrons. The van der Waals surface area contributed by atoms with Crippen molar-refractivity contribution in [3.63, 3.8) is 0 Å². The maximum Gasteiger partial charge on any atom is 0.252 e. The molecule has 0 aliphatic rings. The highest BCUT2D eigenvalue weighted by molar-refractivity contribution is 9.10. The van der Waals surface area contributed by atoms with Gasteiger partial charge in [-0.05, 0) is 58.3 Å². The topological polar surface area (TPSA) is 32.3 Å². The van der Waals surface area contributed by atoms with Crippen LogP contribution in [0.3, 0.4) is 0 Å². The molecular weight excluding hydrogens is 371 g/mol. The molecule has 0 atom stereocenters. The maximum absolute atomic E-state index is 13.3. The van der Waals surface area contributed by atoms with E-state index in [1.165, 1.54) is 17.7 Å². The van der Waals surface area contributed by atoms with E-state index < -0.39 is 5.82 Å². The van der Waals surface area contributed by atoms with E-state index in [2.05, 4.69) is 46.1 Å². The Labute approximate surface area is 151 Å². The quantitative estimate of drug-likeness (QED) is 0.758. The molecule has 3 nitrogen and oxygen atoms in total. The lowest BCUT2D eigenvalue weighted by Gasteiger charge is -2.20. The molecule has 0 fully saturated rings. The summed E-state index contributed by atoms with van der Waals surface area (Å²) in [6.07, 6.45) is 0. The van der Waals surface area contributed by atoms with Gasteiger partial charge in [-0.3, -0.25) is 9.69 Å². The highest BCUT2D eigenvalue weighted by Gasteiger charge is 2.12. The molecule has 0 aliphatic carbocycles. The van der Waals surface area contributed by atoms with Gasteiger partial charge in [-0.15, -0.1) is 0 Å². The summed E-state index contributed by atoms with van der Waals surface area (Å²) in [5.74, 6) is -0.718. The Balaban J connectivity index is 2.09. The molecule has 1 N–H and O–H groups in total. The molecule has 2 aromatic carbocycles. The molecule has 0 aromatic heterocycles. The predicted octanol–water partition coefficient (Wildman–Crippen LogP) is 4.36. The third kappa shape index (κ3) is 4.89. The summed E-state index contributed by atoms with van der Waals surface area (Å²) in [7, 11) is 0. The Morgan fingerprint density at radius 3 is 2.46 bits per heavy atom. The highest BCUT2D eigenvalue weighted by Crippen LogP contribution is 2.18. The Morgan fingerprint density at radius 2 is 1.79 bits per heavy atom. The molecule has 0 unspecified atom stereocenters. The molecule has 0 saturated carbocycles. The van der Waals surface area contributed by atoms with E-state index in [1.54, 1.807) is 6.07 Å².